The molecular formula is C18H19N3O3S. The zero-order valence-electron chi connectivity index (χ0n) is 13.6. The Hall–Kier alpha value is -2.38. The number of fused-ring (bicyclic) bond motifs is 1. The average molecular weight is 357 g/mol. The molecule has 130 valence electrons. The van der Waals surface area contributed by atoms with E-state index in [-0.39, 0.29) is 6.04 Å². The van der Waals surface area contributed by atoms with Gasteiger partial charge in [0.25, 0.3) is 6.01 Å². The van der Waals surface area contributed by atoms with E-state index in [1.54, 1.807) is 30.3 Å². The first-order chi connectivity index (χ1) is 12.1. The largest absolute Gasteiger partial charge is 0.423 e. The molecule has 1 aliphatic rings. The molecule has 0 saturated carbocycles. The van der Waals surface area contributed by atoms with Crippen molar-refractivity contribution in [2.45, 2.75) is 23.8 Å². The number of hydrogen-bond acceptors (Lipinski definition) is 5. The van der Waals surface area contributed by atoms with Crippen molar-refractivity contribution in [3.8, 4) is 0 Å². The summed E-state index contributed by atoms with van der Waals surface area (Å²) in [6.07, 6.45) is 1.43. The van der Waals surface area contributed by atoms with E-state index in [0.717, 1.165) is 11.1 Å². The monoisotopic (exact) mass is 357 g/mol. The van der Waals surface area contributed by atoms with Gasteiger partial charge in [0, 0.05) is 19.1 Å². The van der Waals surface area contributed by atoms with Gasteiger partial charge in [-0.25, -0.2) is 13.1 Å². The predicted molar refractivity (Wildman–Crippen MR) is 96.0 cm³/mol. The Kier molecular flexibility index (Phi) is 4.19. The quantitative estimate of drug-likeness (QED) is 0.777. The third-order valence-corrected chi connectivity index (χ3v) is 5.96. The topological polar surface area (TPSA) is 75.4 Å². The summed E-state index contributed by atoms with van der Waals surface area (Å²) in [5, 5.41) is 0. The molecule has 7 heteroatoms. The van der Waals surface area contributed by atoms with Gasteiger partial charge < -0.3 is 9.32 Å². The van der Waals surface area contributed by atoms with Crippen molar-refractivity contribution in [1.29, 1.82) is 0 Å². The van der Waals surface area contributed by atoms with Crippen molar-refractivity contribution in [1.82, 2.24) is 9.71 Å². The number of para-hydroxylation sites is 2. The highest BCUT2D eigenvalue weighted by molar-refractivity contribution is 7.89. The fourth-order valence-corrected chi connectivity index (χ4v) is 4.40. The highest BCUT2D eigenvalue weighted by Crippen LogP contribution is 2.24. The number of nitrogens with zero attached hydrogens (tertiary/aromatic N) is 2. The minimum absolute atomic E-state index is 0.0779. The second kappa shape index (κ2) is 6.50. The molecule has 0 atom stereocenters. The van der Waals surface area contributed by atoms with Crippen molar-refractivity contribution in [2.75, 3.05) is 18.0 Å². The standard InChI is InChI=1S/C18H19N3O3S/c22-25(23,15-6-2-1-3-7-15)20-14-10-12-21(13-11-14)18-19-16-8-4-5-9-17(16)24-18/h1-9,14,20H,10-13H2. The average Bonchev–Trinajstić information content (AvgIpc) is 3.07. The third kappa shape index (κ3) is 3.38. The van der Waals surface area contributed by atoms with E-state index in [0.29, 0.717) is 36.8 Å². The van der Waals surface area contributed by atoms with Gasteiger partial charge in [-0.15, -0.1) is 0 Å². The minimum atomic E-state index is -3.47. The molecule has 2 aromatic carbocycles. The van der Waals surface area contributed by atoms with Gasteiger partial charge in [0.05, 0.1) is 4.90 Å². The minimum Gasteiger partial charge on any atom is -0.423 e. The number of hydrogen-bond donors (Lipinski definition) is 1. The van der Waals surface area contributed by atoms with Crippen LogP contribution in [0.3, 0.4) is 0 Å². The summed E-state index contributed by atoms with van der Waals surface area (Å²) in [5.41, 5.74) is 1.61. The van der Waals surface area contributed by atoms with Crippen LogP contribution in [0.25, 0.3) is 11.1 Å². The van der Waals surface area contributed by atoms with E-state index >= 15 is 0 Å². The molecule has 25 heavy (non-hydrogen) atoms. The van der Waals surface area contributed by atoms with Crippen LogP contribution in [0.15, 0.2) is 63.9 Å². The number of anilines is 1. The van der Waals surface area contributed by atoms with Crippen LogP contribution < -0.4 is 9.62 Å². The molecule has 1 aromatic heterocycles. The summed E-state index contributed by atoms with van der Waals surface area (Å²) in [4.78, 5) is 6.87. The van der Waals surface area contributed by atoms with Crippen molar-refractivity contribution >= 4 is 27.1 Å². The Morgan fingerprint density at radius 3 is 2.40 bits per heavy atom. The van der Waals surface area contributed by atoms with Gasteiger partial charge in [-0.3, -0.25) is 0 Å². The Balaban J connectivity index is 1.41. The molecule has 6 nitrogen and oxygen atoms in total. The third-order valence-electron chi connectivity index (χ3n) is 4.42. The SMILES string of the molecule is O=S(=O)(NC1CCN(c2nc3ccccc3o2)CC1)c1ccccc1. The fourth-order valence-electron chi connectivity index (χ4n) is 3.07. The zero-order valence-corrected chi connectivity index (χ0v) is 14.4. The molecule has 3 aromatic rings. The first kappa shape index (κ1) is 16.1. The van der Waals surface area contributed by atoms with Crippen LogP contribution in [0.1, 0.15) is 12.8 Å². The number of piperidine rings is 1. The van der Waals surface area contributed by atoms with Gasteiger partial charge in [0.1, 0.15) is 5.52 Å². The Morgan fingerprint density at radius 1 is 1.00 bits per heavy atom. The van der Waals surface area contributed by atoms with Crippen LogP contribution in [0.4, 0.5) is 6.01 Å². The fraction of sp³-hybridized carbons (Fsp3) is 0.278. The molecule has 0 unspecified atom stereocenters. The molecule has 0 radical (unpaired) electrons. The second-order valence-electron chi connectivity index (χ2n) is 6.16. The van der Waals surface area contributed by atoms with E-state index in [4.69, 9.17) is 4.42 Å². The molecule has 1 fully saturated rings. The number of nitrogens with one attached hydrogen (secondary N) is 1. The Morgan fingerprint density at radius 2 is 1.68 bits per heavy atom. The molecule has 1 N–H and O–H groups in total. The number of benzene rings is 2. The Bertz CT molecular complexity index is 928. The molecule has 0 bridgehead atoms. The van der Waals surface area contributed by atoms with E-state index in [1.165, 1.54) is 0 Å². The van der Waals surface area contributed by atoms with Crippen LogP contribution in [-0.4, -0.2) is 32.5 Å². The van der Waals surface area contributed by atoms with Crippen molar-refractivity contribution in [3.63, 3.8) is 0 Å². The van der Waals surface area contributed by atoms with Crippen LogP contribution >= 0.6 is 0 Å². The molecule has 0 amide bonds. The molecule has 0 spiro atoms. The van der Waals surface area contributed by atoms with Gasteiger partial charge in [-0.1, -0.05) is 30.3 Å². The van der Waals surface area contributed by atoms with Crippen LogP contribution in [-0.2, 0) is 10.0 Å². The normalized spacial score (nSPS) is 16.4. The van der Waals surface area contributed by atoms with E-state index < -0.39 is 10.0 Å². The summed E-state index contributed by atoms with van der Waals surface area (Å²) >= 11 is 0. The summed E-state index contributed by atoms with van der Waals surface area (Å²) in [6.45, 7) is 1.41. The number of aromatic nitrogens is 1. The molecule has 4 rings (SSSR count). The summed E-state index contributed by atoms with van der Waals surface area (Å²) < 4.78 is 33.4. The molecular weight excluding hydrogens is 338 g/mol. The molecule has 2 heterocycles. The number of sulfonamides is 1. The molecule has 1 saturated heterocycles. The first-order valence-electron chi connectivity index (χ1n) is 8.30. The van der Waals surface area contributed by atoms with Gasteiger partial charge in [0.15, 0.2) is 5.58 Å². The maximum absolute atomic E-state index is 12.4. The lowest BCUT2D eigenvalue weighted by molar-refractivity contribution is 0.438. The predicted octanol–water partition coefficient (Wildman–Crippen LogP) is 2.78. The van der Waals surface area contributed by atoms with Crippen LogP contribution in [0, 0.1) is 0 Å². The zero-order chi connectivity index (χ0) is 17.3. The highest BCUT2D eigenvalue weighted by atomic mass is 32.2. The van der Waals surface area contributed by atoms with E-state index in [2.05, 4.69) is 14.6 Å². The summed E-state index contributed by atoms with van der Waals surface area (Å²) in [5.74, 6) is 0. The summed E-state index contributed by atoms with van der Waals surface area (Å²) in [7, 11) is -3.47. The second-order valence-corrected chi connectivity index (χ2v) is 7.87. The van der Waals surface area contributed by atoms with Gasteiger partial charge >= 0.3 is 0 Å². The number of rotatable bonds is 4. The van der Waals surface area contributed by atoms with Crippen LogP contribution in [0.2, 0.25) is 0 Å². The van der Waals surface area contributed by atoms with Gasteiger partial charge in [0.2, 0.25) is 10.0 Å². The van der Waals surface area contributed by atoms with E-state index in [9.17, 15) is 8.42 Å². The van der Waals surface area contributed by atoms with Gasteiger partial charge in [-0.2, -0.15) is 4.98 Å². The lowest BCUT2D eigenvalue weighted by atomic mass is 10.1. The number of oxazole rings is 1. The van der Waals surface area contributed by atoms with E-state index in [1.807, 2.05) is 24.3 Å². The first-order valence-corrected chi connectivity index (χ1v) is 9.78. The van der Waals surface area contributed by atoms with Crippen molar-refractivity contribution in [3.05, 3.63) is 54.6 Å². The molecule has 0 aliphatic carbocycles. The van der Waals surface area contributed by atoms with Crippen LogP contribution in [0.5, 0.6) is 0 Å². The van der Waals surface area contributed by atoms with Crippen molar-refractivity contribution < 1.29 is 12.8 Å². The lowest BCUT2D eigenvalue weighted by Crippen LogP contribution is -2.44. The molecule has 1 aliphatic heterocycles. The maximum Gasteiger partial charge on any atom is 0.298 e. The van der Waals surface area contributed by atoms with Gasteiger partial charge in [-0.05, 0) is 37.1 Å². The lowest BCUT2D eigenvalue weighted by Gasteiger charge is -2.31. The maximum atomic E-state index is 12.4. The highest BCUT2D eigenvalue weighted by Gasteiger charge is 2.26. The smallest absolute Gasteiger partial charge is 0.298 e. The summed E-state index contributed by atoms with van der Waals surface area (Å²) in [6, 6.07) is 16.7. The Labute approximate surface area is 146 Å². The van der Waals surface area contributed by atoms with Crippen molar-refractivity contribution in [2.24, 2.45) is 0 Å².